The van der Waals surface area contributed by atoms with Crippen molar-refractivity contribution in [2.24, 2.45) is 29.6 Å². The number of benzene rings is 1. The highest BCUT2D eigenvalue weighted by Gasteiger charge is 2.58. The second-order valence-electron chi connectivity index (χ2n) is 16.9. The minimum Gasteiger partial charge on any atom is -0.444 e. The van der Waals surface area contributed by atoms with Gasteiger partial charge in [0.25, 0.3) is 0 Å². The fourth-order valence-corrected chi connectivity index (χ4v) is 7.90. The smallest absolute Gasteiger partial charge is 0.408 e. The highest BCUT2D eigenvalue weighted by Crippen LogP contribution is 2.51. The molecule has 0 spiro atoms. The molecule has 12 nitrogen and oxygen atoms in total. The van der Waals surface area contributed by atoms with Gasteiger partial charge in [0.05, 0.1) is 6.04 Å². The summed E-state index contributed by atoms with van der Waals surface area (Å²) in [4.78, 5) is 96.7. The highest BCUT2D eigenvalue weighted by molar-refractivity contribution is 6.38. The number of alkyl carbamates (subject to hydrolysis) is 1. The molecule has 5 rings (SSSR count). The summed E-state index contributed by atoms with van der Waals surface area (Å²) >= 11 is 0. The van der Waals surface area contributed by atoms with E-state index in [0.717, 1.165) is 19.3 Å². The SMILES string of the molecule is CN(C)C(=O)[C@@H](NC(=O)CCC(=O)C(=O)C(CC(=O)[C@@H]1[C@H]2C[C@H]2CN1C(=O)[C@@H](NC(=O)OC(C)(C)C)C1CCC(F)(F)CC1)CC1CC1)c1ccccc1. The second-order valence-corrected chi connectivity index (χ2v) is 16.9. The van der Waals surface area contributed by atoms with Gasteiger partial charge in [-0.1, -0.05) is 43.2 Å². The molecule has 1 saturated heterocycles. The maximum absolute atomic E-state index is 14.2. The first-order chi connectivity index (χ1) is 25.3. The number of halogens is 2. The standard InChI is InChI=1S/C40H54F2N4O8/c1-39(2,3)54-38(53)44-33(25-15-17-40(41,42)18-16-25)37(52)46-22-27-20-28(27)34(46)30(48)21-26(19-23-11-12-23)35(50)29(47)13-14-31(49)43-32(36(51)45(4)5)24-9-7-6-8-10-24/h6-10,23,25-28,32-34H,11-22H2,1-5H3,(H,43,49)(H,44,53)/t26?,27-,28-,32-,33-,34-/m0/s1. The van der Waals surface area contributed by atoms with Crippen LogP contribution in [0.2, 0.25) is 0 Å². The van der Waals surface area contributed by atoms with Crippen molar-refractivity contribution in [2.75, 3.05) is 20.6 Å². The van der Waals surface area contributed by atoms with Crippen LogP contribution in [0, 0.1) is 29.6 Å². The molecule has 1 unspecified atom stereocenters. The number of nitrogens with zero attached hydrogens (tertiary/aromatic N) is 2. The molecule has 1 aromatic rings. The summed E-state index contributed by atoms with van der Waals surface area (Å²) in [5.74, 6) is -7.56. The van der Waals surface area contributed by atoms with Crippen molar-refractivity contribution in [3.63, 3.8) is 0 Å². The van der Waals surface area contributed by atoms with Crippen molar-refractivity contribution < 1.29 is 47.1 Å². The summed E-state index contributed by atoms with van der Waals surface area (Å²) in [6.07, 6.45) is 0.136. The van der Waals surface area contributed by atoms with Crippen LogP contribution in [0.1, 0.15) is 103 Å². The molecule has 4 amide bonds. The van der Waals surface area contributed by atoms with Crippen LogP contribution < -0.4 is 10.6 Å². The van der Waals surface area contributed by atoms with Gasteiger partial charge in [-0.25, -0.2) is 13.6 Å². The number of carbonyl (C=O) groups is 7. The summed E-state index contributed by atoms with van der Waals surface area (Å²) < 4.78 is 33.6. The zero-order valence-corrected chi connectivity index (χ0v) is 31.9. The summed E-state index contributed by atoms with van der Waals surface area (Å²) in [5, 5.41) is 5.32. The number of ether oxygens (including phenoxy) is 1. The van der Waals surface area contributed by atoms with E-state index in [1.165, 1.54) is 9.80 Å². The number of rotatable bonds is 16. The fraction of sp³-hybridized carbons (Fsp3) is 0.675. The maximum atomic E-state index is 14.2. The van der Waals surface area contributed by atoms with Crippen LogP contribution in [-0.2, 0) is 33.5 Å². The van der Waals surface area contributed by atoms with E-state index < -0.39 is 90.2 Å². The number of piperidine rings is 1. The van der Waals surface area contributed by atoms with Gasteiger partial charge in [-0.15, -0.1) is 0 Å². The molecule has 2 N–H and O–H groups in total. The number of carbonyl (C=O) groups excluding carboxylic acids is 7. The van der Waals surface area contributed by atoms with E-state index in [9.17, 15) is 42.3 Å². The van der Waals surface area contributed by atoms with Gasteiger partial charge in [-0.3, -0.25) is 28.8 Å². The van der Waals surface area contributed by atoms with Crippen LogP contribution >= 0.6 is 0 Å². The molecule has 296 valence electrons. The predicted octanol–water partition coefficient (Wildman–Crippen LogP) is 4.79. The molecule has 3 aliphatic carbocycles. The first kappa shape index (κ1) is 40.9. The Bertz CT molecular complexity index is 1600. The molecule has 4 fully saturated rings. The van der Waals surface area contributed by atoms with Gasteiger partial charge in [0, 0.05) is 58.7 Å². The van der Waals surface area contributed by atoms with Gasteiger partial charge in [0.1, 0.15) is 17.7 Å². The first-order valence-corrected chi connectivity index (χ1v) is 19.2. The molecular formula is C40H54F2N4O8. The van der Waals surface area contributed by atoms with E-state index >= 15 is 0 Å². The molecule has 1 aromatic carbocycles. The highest BCUT2D eigenvalue weighted by atomic mass is 19.3. The van der Waals surface area contributed by atoms with Crippen molar-refractivity contribution >= 4 is 41.2 Å². The maximum Gasteiger partial charge on any atom is 0.408 e. The Labute approximate surface area is 315 Å². The molecule has 0 radical (unpaired) electrons. The van der Waals surface area contributed by atoms with Crippen molar-refractivity contribution in [3.8, 4) is 0 Å². The van der Waals surface area contributed by atoms with E-state index in [1.807, 2.05) is 0 Å². The van der Waals surface area contributed by atoms with Gasteiger partial charge >= 0.3 is 6.09 Å². The zero-order chi connectivity index (χ0) is 39.5. The third-order valence-electron chi connectivity index (χ3n) is 11.0. The van der Waals surface area contributed by atoms with Crippen molar-refractivity contribution in [3.05, 3.63) is 35.9 Å². The van der Waals surface area contributed by atoms with Gasteiger partial charge in [0.2, 0.25) is 29.4 Å². The number of amides is 4. The molecule has 14 heteroatoms. The van der Waals surface area contributed by atoms with E-state index in [1.54, 1.807) is 65.2 Å². The van der Waals surface area contributed by atoms with Crippen LogP contribution in [-0.4, -0.2) is 95.2 Å². The average molecular weight is 757 g/mol. The summed E-state index contributed by atoms with van der Waals surface area (Å²) in [7, 11) is 3.13. The van der Waals surface area contributed by atoms with Gasteiger partial charge in [0.15, 0.2) is 11.6 Å². The van der Waals surface area contributed by atoms with Crippen molar-refractivity contribution in [1.29, 1.82) is 0 Å². The first-order valence-electron chi connectivity index (χ1n) is 19.2. The minimum absolute atomic E-state index is 0.00941. The Kier molecular flexibility index (Phi) is 12.6. The lowest BCUT2D eigenvalue weighted by molar-refractivity contribution is -0.144. The second kappa shape index (κ2) is 16.6. The average Bonchev–Trinajstić information content (AvgIpc) is 4.04. The summed E-state index contributed by atoms with van der Waals surface area (Å²) in [6.45, 7) is 5.27. The molecule has 4 aliphatic rings. The topological polar surface area (TPSA) is 159 Å². The molecule has 0 bridgehead atoms. The number of likely N-dealkylation sites (N-methyl/N-ethyl adjacent to an activating group) is 1. The Balaban J connectivity index is 1.25. The Morgan fingerprint density at radius 3 is 2.19 bits per heavy atom. The van der Waals surface area contributed by atoms with E-state index in [4.69, 9.17) is 4.74 Å². The molecule has 3 saturated carbocycles. The van der Waals surface area contributed by atoms with Crippen molar-refractivity contribution in [2.45, 2.75) is 121 Å². The molecular weight excluding hydrogens is 702 g/mol. The van der Waals surface area contributed by atoms with Crippen LogP contribution in [0.4, 0.5) is 13.6 Å². The van der Waals surface area contributed by atoms with Gasteiger partial charge in [-0.2, -0.15) is 0 Å². The lowest BCUT2D eigenvalue weighted by atomic mass is 9.81. The number of nitrogens with one attached hydrogen (secondary N) is 2. The van der Waals surface area contributed by atoms with E-state index in [-0.39, 0.29) is 61.7 Å². The third kappa shape index (κ3) is 10.7. The molecule has 6 atom stereocenters. The number of Topliss-reactive ketones (excluding diaryl/α,β-unsaturated/α-hetero) is 3. The quantitative estimate of drug-likeness (QED) is 0.228. The number of fused-ring (bicyclic) bond motifs is 1. The normalized spacial score (nSPS) is 23.6. The Morgan fingerprint density at radius 2 is 1.59 bits per heavy atom. The third-order valence-corrected chi connectivity index (χ3v) is 11.0. The predicted molar refractivity (Wildman–Crippen MR) is 193 cm³/mol. The van der Waals surface area contributed by atoms with Crippen LogP contribution in [0.15, 0.2) is 30.3 Å². The lowest BCUT2D eigenvalue weighted by Gasteiger charge is -2.37. The number of alkyl halides is 2. The number of hydrogen-bond donors (Lipinski definition) is 2. The summed E-state index contributed by atoms with van der Waals surface area (Å²) in [6, 6.07) is 5.67. The largest absolute Gasteiger partial charge is 0.444 e. The van der Waals surface area contributed by atoms with E-state index in [0.29, 0.717) is 12.0 Å². The minimum atomic E-state index is -2.86. The molecule has 1 aliphatic heterocycles. The van der Waals surface area contributed by atoms with Crippen LogP contribution in [0.3, 0.4) is 0 Å². The number of hydrogen-bond acceptors (Lipinski definition) is 8. The molecule has 1 heterocycles. The number of ketones is 3. The van der Waals surface area contributed by atoms with Crippen LogP contribution in [0.25, 0.3) is 0 Å². The summed E-state index contributed by atoms with van der Waals surface area (Å²) in [5.41, 5.74) is -0.301. The number of likely N-dealkylation sites (tertiary alicyclic amines) is 1. The van der Waals surface area contributed by atoms with Gasteiger partial charge in [-0.05, 0) is 75.7 Å². The van der Waals surface area contributed by atoms with Gasteiger partial charge < -0.3 is 25.2 Å². The van der Waals surface area contributed by atoms with E-state index in [2.05, 4.69) is 10.6 Å². The Morgan fingerprint density at radius 1 is 0.944 bits per heavy atom. The van der Waals surface area contributed by atoms with Crippen molar-refractivity contribution in [1.82, 2.24) is 20.4 Å². The Hall–Kier alpha value is -4.23. The van der Waals surface area contributed by atoms with Crippen LogP contribution in [0.5, 0.6) is 0 Å². The monoisotopic (exact) mass is 756 g/mol. The fourth-order valence-electron chi connectivity index (χ4n) is 7.90. The zero-order valence-electron chi connectivity index (χ0n) is 31.9. The molecule has 0 aromatic heterocycles. The molecule has 54 heavy (non-hydrogen) atoms. The lowest BCUT2D eigenvalue weighted by Crippen LogP contribution is -2.57.